The fraction of sp³-hybridized carbons (Fsp3) is 1.00. The van der Waals surface area contributed by atoms with Crippen LogP contribution in [0.3, 0.4) is 0 Å². The average molecular weight is 241 g/mol. The zero-order valence-corrected chi connectivity index (χ0v) is 12.3. The van der Waals surface area contributed by atoms with Crippen LogP contribution in [0.15, 0.2) is 0 Å². The van der Waals surface area contributed by atoms with Crippen LogP contribution in [0.4, 0.5) is 0 Å². The Hall–Kier alpha value is -0.0800. The largest absolute Gasteiger partial charge is 0.375 e. The predicted octanol–water partition coefficient (Wildman–Crippen LogP) is 3.60. The molecule has 0 saturated heterocycles. The predicted molar refractivity (Wildman–Crippen MR) is 74.3 cm³/mol. The first-order valence-corrected chi connectivity index (χ1v) is 7.41. The van der Waals surface area contributed by atoms with Gasteiger partial charge in [-0.2, -0.15) is 0 Å². The van der Waals surface area contributed by atoms with E-state index in [0.717, 1.165) is 24.8 Å². The van der Waals surface area contributed by atoms with E-state index in [1.165, 1.54) is 19.3 Å². The molecule has 5 atom stereocenters. The van der Waals surface area contributed by atoms with E-state index in [1.807, 2.05) is 0 Å². The van der Waals surface area contributed by atoms with Crippen LogP contribution in [0.5, 0.6) is 0 Å². The SMILES string of the molecule is CCNC(C)CC(C)OC1CCC(C)C(C)C1. The van der Waals surface area contributed by atoms with Gasteiger partial charge in [-0.25, -0.2) is 0 Å². The highest BCUT2D eigenvalue weighted by atomic mass is 16.5. The molecule has 1 saturated carbocycles. The Morgan fingerprint density at radius 1 is 1.18 bits per heavy atom. The van der Waals surface area contributed by atoms with Gasteiger partial charge in [0, 0.05) is 6.04 Å². The number of ether oxygens (including phenoxy) is 1. The molecular weight excluding hydrogens is 210 g/mol. The topological polar surface area (TPSA) is 21.3 Å². The number of hydrogen-bond donors (Lipinski definition) is 1. The van der Waals surface area contributed by atoms with Gasteiger partial charge in [-0.05, 0) is 57.9 Å². The van der Waals surface area contributed by atoms with E-state index in [-0.39, 0.29) is 0 Å². The Balaban J connectivity index is 2.24. The lowest BCUT2D eigenvalue weighted by Gasteiger charge is -2.34. The lowest BCUT2D eigenvalue weighted by Crippen LogP contribution is -2.33. The van der Waals surface area contributed by atoms with Gasteiger partial charge < -0.3 is 10.1 Å². The third-order valence-electron chi connectivity index (χ3n) is 4.21. The van der Waals surface area contributed by atoms with E-state index in [2.05, 4.69) is 39.9 Å². The van der Waals surface area contributed by atoms with Gasteiger partial charge in [0.2, 0.25) is 0 Å². The molecule has 1 N–H and O–H groups in total. The Kier molecular flexibility index (Phi) is 6.50. The van der Waals surface area contributed by atoms with E-state index in [1.54, 1.807) is 0 Å². The van der Waals surface area contributed by atoms with Crippen LogP contribution in [0.25, 0.3) is 0 Å². The summed E-state index contributed by atoms with van der Waals surface area (Å²) in [5.74, 6) is 1.71. The van der Waals surface area contributed by atoms with Crippen LogP contribution < -0.4 is 5.32 Å². The highest BCUT2D eigenvalue weighted by Crippen LogP contribution is 2.31. The van der Waals surface area contributed by atoms with Gasteiger partial charge in [-0.3, -0.25) is 0 Å². The van der Waals surface area contributed by atoms with Crippen molar-refractivity contribution < 1.29 is 4.74 Å². The first-order valence-electron chi connectivity index (χ1n) is 7.41. The van der Waals surface area contributed by atoms with Crippen molar-refractivity contribution >= 4 is 0 Å². The maximum Gasteiger partial charge on any atom is 0.0581 e. The molecule has 0 aromatic rings. The molecule has 0 amide bonds. The fourth-order valence-electron chi connectivity index (χ4n) is 2.94. The third-order valence-corrected chi connectivity index (χ3v) is 4.21. The lowest BCUT2D eigenvalue weighted by molar-refractivity contribution is -0.0448. The molecule has 0 aliphatic heterocycles. The molecule has 1 fully saturated rings. The van der Waals surface area contributed by atoms with E-state index in [4.69, 9.17) is 4.74 Å². The number of nitrogens with one attached hydrogen (secondary N) is 1. The molecule has 2 heteroatoms. The standard InChI is InChI=1S/C15H31NO/c1-6-16-13(4)10-14(5)17-15-8-7-11(2)12(3)9-15/h11-16H,6-10H2,1-5H3. The number of hydrogen-bond acceptors (Lipinski definition) is 2. The summed E-state index contributed by atoms with van der Waals surface area (Å²) in [6.07, 6.45) is 5.85. The van der Waals surface area contributed by atoms with E-state index in [9.17, 15) is 0 Å². The van der Waals surface area contributed by atoms with Crippen molar-refractivity contribution in [1.29, 1.82) is 0 Å². The minimum Gasteiger partial charge on any atom is -0.375 e. The van der Waals surface area contributed by atoms with Crippen molar-refractivity contribution in [2.24, 2.45) is 11.8 Å². The summed E-state index contributed by atoms with van der Waals surface area (Å²) >= 11 is 0. The van der Waals surface area contributed by atoms with Crippen molar-refractivity contribution in [3.63, 3.8) is 0 Å². The molecule has 102 valence electrons. The quantitative estimate of drug-likeness (QED) is 0.767. The Morgan fingerprint density at radius 3 is 2.47 bits per heavy atom. The Bertz CT molecular complexity index is 207. The lowest BCUT2D eigenvalue weighted by atomic mass is 9.80. The van der Waals surface area contributed by atoms with Gasteiger partial charge in [0.05, 0.1) is 12.2 Å². The monoisotopic (exact) mass is 241 g/mol. The molecule has 5 unspecified atom stereocenters. The van der Waals surface area contributed by atoms with Gasteiger partial charge >= 0.3 is 0 Å². The van der Waals surface area contributed by atoms with Crippen molar-refractivity contribution in [3.8, 4) is 0 Å². The Morgan fingerprint density at radius 2 is 1.88 bits per heavy atom. The van der Waals surface area contributed by atoms with Gasteiger partial charge in [-0.1, -0.05) is 20.8 Å². The minimum absolute atomic E-state index is 0.384. The molecule has 1 aliphatic carbocycles. The van der Waals surface area contributed by atoms with Crippen molar-refractivity contribution in [2.45, 2.75) is 78.6 Å². The first kappa shape index (κ1) is 15.0. The van der Waals surface area contributed by atoms with Gasteiger partial charge in [0.1, 0.15) is 0 Å². The van der Waals surface area contributed by atoms with Gasteiger partial charge in [0.15, 0.2) is 0 Å². The first-order chi connectivity index (χ1) is 8.02. The molecule has 0 spiro atoms. The molecule has 0 aromatic carbocycles. The molecule has 1 rings (SSSR count). The normalized spacial score (nSPS) is 33.4. The number of rotatable bonds is 6. The zero-order valence-electron chi connectivity index (χ0n) is 12.3. The van der Waals surface area contributed by atoms with Crippen LogP contribution >= 0.6 is 0 Å². The summed E-state index contributed by atoms with van der Waals surface area (Å²) in [7, 11) is 0. The van der Waals surface area contributed by atoms with Gasteiger partial charge in [-0.15, -0.1) is 0 Å². The molecule has 17 heavy (non-hydrogen) atoms. The van der Waals surface area contributed by atoms with Gasteiger partial charge in [0.25, 0.3) is 0 Å². The summed E-state index contributed by atoms with van der Waals surface area (Å²) in [6, 6.07) is 0.565. The maximum absolute atomic E-state index is 6.19. The van der Waals surface area contributed by atoms with E-state index >= 15 is 0 Å². The summed E-state index contributed by atoms with van der Waals surface area (Å²) in [4.78, 5) is 0. The molecule has 0 heterocycles. The van der Waals surface area contributed by atoms with Crippen LogP contribution in [-0.2, 0) is 4.74 Å². The summed E-state index contributed by atoms with van der Waals surface area (Å²) < 4.78 is 6.19. The van der Waals surface area contributed by atoms with Crippen LogP contribution in [0.1, 0.15) is 60.3 Å². The molecule has 1 aliphatic rings. The second-order valence-corrected chi connectivity index (χ2v) is 6.03. The smallest absolute Gasteiger partial charge is 0.0581 e. The second kappa shape index (κ2) is 7.38. The van der Waals surface area contributed by atoms with E-state index < -0.39 is 0 Å². The van der Waals surface area contributed by atoms with Crippen LogP contribution in [0.2, 0.25) is 0 Å². The molecule has 0 aromatic heterocycles. The third kappa shape index (κ3) is 5.39. The summed E-state index contributed by atoms with van der Waals surface area (Å²) in [5, 5.41) is 3.45. The van der Waals surface area contributed by atoms with Crippen LogP contribution in [-0.4, -0.2) is 24.8 Å². The van der Waals surface area contributed by atoms with Crippen molar-refractivity contribution in [2.75, 3.05) is 6.54 Å². The second-order valence-electron chi connectivity index (χ2n) is 6.03. The average Bonchev–Trinajstić information content (AvgIpc) is 2.23. The highest BCUT2D eigenvalue weighted by molar-refractivity contribution is 4.77. The maximum atomic E-state index is 6.19. The molecular formula is C15H31NO. The molecule has 0 bridgehead atoms. The van der Waals surface area contributed by atoms with Crippen LogP contribution in [0, 0.1) is 11.8 Å². The minimum atomic E-state index is 0.384. The van der Waals surface area contributed by atoms with E-state index in [0.29, 0.717) is 18.2 Å². The van der Waals surface area contributed by atoms with Crippen molar-refractivity contribution in [1.82, 2.24) is 5.32 Å². The summed E-state index contributed by atoms with van der Waals surface area (Å²) in [5.41, 5.74) is 0. The summed E-state index contributed by atoms with van der Waals surface area (Å²) in [6.45, 7) is 12.4. The zero-order chi connectivity index (χ0) is 12.8. The Labute approximate surface area is 108 Å². The molecule has 2 nitrogen and oxygen atoms in total. The molecule has 0 radical (unpaired) electrons. The fourth-order valence-corrected chi connectivity index (χ4v) is 2.94. The van der Waals surface area contributed by atoms with Crippen molar-refractivity contribution in [3.05, 3.63) is 0 Å². The highest BCUT2D eigenvalue weighted by Gasteiger charge is 2.26.